The third-order valence-corrected chi connectivity index (χ3v) is 9.25. The number of rotatable bonds is 11. The van der Waals surface area contributed by atoms with Crippen molar-refractivity contribution in [1.82, 2.24) is 9.62 Å². The maximum Gasteiger partial charge on any atom is 0.264 e. The van der Waals surface area contributed by atoms with Crippen LogP contribution >= 0.6 is 23.2 Å². The molecule has 3 aromatic rings. The molecule has 1 amide bonds. The molecule has 0 aliphatic rings. The molecular formula is C24H25Cl2N3O6S2. The molecule has 0 saturated heterocycles. The lowest BCUT2D eigenvalue weighted by molar-refractivity contribution is -0.119. The first-order valence-electron chi connectivity index (χ1n) is 10.9. The molecule has 0 heterocycles. The van der Waals surface area contributed by atoms with Gasteiger partial charge in [-0.05, 0) is 54.6 Å². The number of nitrogens with zero attached hydrogens (tertiary/aromatic N) is 2. The van der Waals surface area contributed by atoms with Crippen molar-refractivity contribution in [2.24, 2.45) is 0 Å². The molecule has 198 valence electrons. The van der Waals surface area contributed by atoms with E-state index in [4.69, 9.17) is 27.9 Å². The maximum atomic E-state index is 13.4. The average Bonchev–Trinajstić information content (AvgIpc) is 2.87. The highest BCUT2D eigenvalue weighted by Crippen LogP contribution is 2.32. The van der Waals surface area contributed by atoms with Crippen LogP contribution in [0.15, 0.2) is 82.6 Å². The van der Waals surface area contributed by atoms with Crippen LogP contribution in [0.5, 0.6) is 5.75 Å². The smallest absolute Gasteiger partial charge is 0.264 e. The van der Waals surface area contributed by atoms with Gasteiger partial charge in [0.25, 0.3) is 10.0 Å². The zero-order chi connectivity index (χ0) is 27.2. The van der Waals surface area contributed by atoms with Crippen LogP contribution in [0.1, 0.15) is 0 Å². The van der Waals surface area contributed by atoms with E-state index in [-0.39, 0.29) is 38.7 Å². The van der Waals surface area contributed by atoms with Crippen LogP contribution < -0.4 is 14.4 Å². The number of ether oxygens (including phenoxy) is 1. The van der Waals surface area contributed by atoms with Gasteiger partial charge in [0.15, 0.2) is 0 Å². The number of amides is 1. The van der Waals surface area contributed by atoms with Crippen molar-refractivity contribution in [3.05, 3.63) is 82.8 Å². The first-order valence-corrected chi connectivity index (χ1v) is 14.5. The van der Waals surface area contributed by atoms with Gasteiger partial charge in [0.05, 0.1) is 27.0 Å². The summed E-state index contributed by atoms with van der Waals surface area (Å²) in [6.45, 7) is -0.414. The highest BCUT2D eigenvalue weighted by Gasteiger charge is 2.29. The fraction of sp³-hybridized carbons (Fsp3) is 0.208. The molecule has 0 aliphatic carbocycles. The lowest BCUT2D eigenvalue weighted by Gasteiger charge is -2.25. The van der Waals surface area contributed by atoms with Crippen molar-refractivity contribution in [1.29, 1.82) is 0 Å². The van der Waals surface area contributed by atoms with Crippen molar-refractivity contribution in [2.45, 2.75) is 9.79 Å². The Hall–Kier alpha value is -2.83. The quantitative estimate of drug-likeness (QED) is 0.344. The second-order valence-electron chi connectivity index (χ2n) is 7.88. The number of carbonyl (C=O) groups excluding carboxylic acids is 1. The van der Waals surface area contributed by atoms with E-state index in [0.717, 1.165) is 8.61 Å². The van der Waals surface area contributed by atoms with Gasteiger partial charge in [0.1, 0.15) is 18.9 Å². The molecule has 0 aromatic heterocycles. The standard InChI is InChI=1S/C24H25Cl2N3O6S2/c1-28(2)36(31,32)21-11-9-19(10-12-21)35-15-14-27-24(30)17-29(23-16-18(25)8-13-22(23)26)37(33,34)20-6-4-3-5-7-20/h3-13,16H,14-15,17H2,1-2H3,(H,27,30). The van der Waals surface area contributed by atoms with Crippen LogP contribution in [-0.4, -0.2) is 60.8 Å². The van der Waals surface area contributed by atoms with E-state index in [0.29, 0.717) is 5.75 Å². The molecule has 37 heavy (non-hydrogen) atoms. The van der Waals surface area contributed by atoms with E-state index >= 15 is 0 Å². The van der Waals surface area contributed by atoms with Gasteiger partial charge >= 0.3 is 0 Å². The summed E-state index contributed by atoms with van der Waals surface area (Å²) in [5.74, 6) is -0.183. The van der Waals surface area contributed by atoms with Crippen LogP contribution in [-0.2, 0) is 24.8 Å². The summed E-state index contributed by atoms with van der Waals surface area (Å²) in [6, 6.07) is 17.9. The summed E-state index contributed by atoms with van der Waals surface area (Å²) < 4.78 is 58.6. The van der Waals surface area contributed by atoms with E-state index in [2.05, 4.69) is 5.32 Å². The van der Waals surface area contributed by atoms with Crippen LogP contribution in [0.4, 0.5) is 5.69 Å². The lowest BCUT2D eigenvalue weighted by Crippen LogP contribution is -2.42. The predicted molar refractivity (Wildman–Crippen MR) is 143 cm³/mol. The first-order chi connectivity index (χ1) is 17.4. The van der Waals surface area contributed by atoms with Crippen LogP contribution in [0, 0.1) is 0 Å². The van der Waals surface area contributed by atoms with Gasteiger partial charge in [-0.1, -0.05) is 41.4 Å². The summed E-state index contributed by atoms with van der Waals surface area (Å²) >= 11 is 12.3. The number of anilines is 1. The van der Waals surface area contributed by atoms with Gasteiger partial charge < -0.3 is 10.1 Å². The van der Waals surface area contributed by atoms with Crippen molar-refractivity contribution in [3.8, 4) is 5.75 Å². The number of carbonyl (C=O) groups is 1. The molecule has 0 unspecified atom stereocenters. The predicted octanol–water partition coefficient (Wildman–Crippen LogP) is 3.63. The maximum absolute atomic E-state index is 13.4. The second kappa shape index (κ2) is 12.1. The molecule has 9 nitrogen and oxygen atoms in total. The van der Waals surface area contributed by atoms with Crippen molar-refractivity contribution in [3.63, 3.8) is 0 Å². The van der Waals surface area contributed by atoms with Gasteiger partial charge in [-0.25, -0.2) is 21.1 Å². The number of benzene rings is 3. The average molecular weight is 587 g/mol. The number of halogens is 2. The Labute approximate surface area is 226 Å². The molecule has 3 aromatic carbocycles. The Morgan fingerprint density at radius 2 is 1.49 bits per heavy atom. The molecular weight excluding hydrogens is 561 g/mol. The fourth-order valence-corrected chi connectivity index (χ4v) is 5.95. The van der Waals surface area contributed by atoms with Crippen LogP contribution in [0.25, 0.3) is 0 Å². The molecule has 1 N–H and O–H groups in total. The summed E-state index contributed by atoms with van der Waals surface area (Å²) in [6.07, 6.45) is 0. The number of sulfonamides is 2. The summed E-state index contributed by atoms with van der Waals surface area (Å²) in [7, 11) is -4.81. The topological polar surface area (TPSA) is 113 Å². The monoisotopic (exact) mass is 585 g/mol. The molecule has 13 heteroatoms. The summed E-state index contributed by atoms with van der Waals surface area (Å²) in [5.41, 5.74) is 0.0668. The van der Waals surface area contributed by atoms with Crippen LogP contribution in [0.2, 0.25) is 10.0 Å². The molecule has 0 atom stereocenters. The van der Waals surface area contributed by atoms with Crippen molar-refractivity contribution in [2.75, 3.05) is 38.1 Å². The Kier molecular flexibility index (Phi) is 9.43. The minimum absolute atomic E-state index is 0.0121. The lowest BCUT2D eigenvalue weighted by atomic mass is 10.3. The van der Waals surface area contributed by atoms with Crippen molar-refractivity contribution >= 4 is 54.8 Å². The molecule has 0 bridgehead atoms. The zero-order valence-corrected chi connectivity index (χ0v) is 23.1. The van der Waals surface area contributed by atoms with Crippen LogP contribution in [0.3, 0.4) is 0 Å². The van der Waals surface area contributed by atoms with Gasteiger partial charge in [-0.15, -0.1) is 0 Å². The first kappa shape index (κ1) is 28.7. The zero-order valence-electron chi connectivity index (χ0n) is 20.0. The Morgan fingerprint density at radius 1 is 0.865 bits per heavy atom. The molecule has 0 radical (unpaired) electrons. The Morgan fingerprint density at radius 3 is 2.11 bits per heavy atom. The van der Waals surface area contributed by atoms with E-state index in [9.17, 15) is 21.6 Å². The molecule has 0 fully saturated rings. The van der Waals surface area contributed by atoms with Gasteiger partial charge in [0, 0.05) is 19.1 Å². The molecule has 3 rings (SSSR count). The molecule has 0 saturated carbocycles. The largest absolute Gasteiger partial charge is 0.492 e. The van der Waals surface area contributed by atoms with Gasteiger partial charge in [0.2, 0.25) is 15.9 Å². The highest BCUT2D eigenvalue weighted by atomic mass is 35.5. The Bertz CT molecular complexity index is 1450. The van der Waals surface area contributed by atoms with E-state index in [1.807, 2.05) is 0 Å². The molecule has 0 aliphatic heterocycles. The third kappa shape index (κ3) is 7.14. The Balaban J connectivity index is 1.67. The van der Waals surface area contributed by atoms with E-state index < -0.39 is 32.5 Å². The number of hydrogen-bond donors (Lipinski definition) is 1. The normalized spacial score (nSPS) is 11.8. The SMILES string of the molecule is CN(C)S(=O)(=O)c1ccc(OCCNC(=O)CN(c2cc(Cl)ccc2Cl)S(=O)(=O)c2ccccc2)cc1. The number of hydrogen-bond acceptors (Lipinski definition) is 6. The summed E-state index contributed by atoms with van der Waals surface area (Å²) in [5, 5.41) is 2.98. The third-order valence-electron chi connectivity index (χ3n) is 5.09. The highest BCUT2D eigenvalue weighted by molar-refractivity contribution is 7.93. The van der Waals surface area contributed by atoms with Crippen molar-refractivity contribution < 1.29 is 26.4 Å². The fourth-order valence-electron chi connectivity index (χ4n) is 3.16. The minimum atomic E-state index is -4.14. The van der Waals surface area contributed by atoms with Gasteiger partial charge in [-0.3, -0.25) is 9.10 Å². The molecule has 0 spiro atoms. The van der Waals surface area contributed by atoms with Gasteiger partial charge in [-0.2, -0.15) is 0 Å². The second-order valence-corrected chi connectivity index (χ2v) is 12.7. The van der Waals surface area contributed by atoms with E-state index in [1.165, 1.54) is 68.7 Å². The number of nitrogens with one attached hydrogen (secondary N) is 1. The van der Waals surface area contributed by atoms with E-state index in [1.54, 1.807) is 18.2 Å². The minimum Gasteiger partial charge on any atom is -0.492 e. The summed E-state index contributed by atoms with van der Waals surface area (Å²) in [4.78, 5) is 12.8.